The Kier molecular flexibility index (Phi) is 9.53. The zero-order chi connectivity index (χ0) is 20.2. The predicted octanol–water partition coefficient (Wildman–Crippen LogP) is 6.74. The number of halogens is 1. The number of aryl methyl sites for hydroxylation is 1. The second-order valence-electron chi connectivity index (χ2n) is 7.03. The Labute approximate surface area is 167 Å². The van der Waals surface area contributed by atoms with Gasteiger partial charge >= 0.3 is 5.97 Å². The SMILES string of the molecule is CCCCCCOc1ccc(C(=O)Oc2ccc(CCCCC)c(F)c2)cc1. The monoisotopic (exact) mass is 386 g/mol. The predicted molar refractivity (Wildman–Crippen MR) is 111 cm³/mol. The maximum absolute atomic E-state index is 14.2. The van der Waals surface area contributed by atoms with Crippen molar-refractivity contribution in [3.63, 3.8) is 0 Å². The van der Waals surface area contributed by atoms with Crippen molar-refractivity contribution in [3.8, 4) is 11.5 Å². The van der Waals surface area contributed by atoms with Crippen molar-refractivity contribution in [2.75, 3.05) is 6.61 Å². The Bertz CT molecular complexity index is 725. The van der Waals surface area contributed by atoms with Crippen LogP contribution in [0.15, 0.2) is 42.5 Å². The quantitative estimate of drug-likeness (QED) is 0.230. The molecule has 3 nitrogen and oxygen atoms in total. The molecule has 2 aromatic carbocycles. The molecule has 0 aliphatic heterocycles. The van der Waals surface area contributed by atoms with Gasteiger partial charge in [0, 0.05) is 6.07 Å². The summed E-state index contributed by atoms with van der Waals surface area (Å²) in [5.41, 5.74) is 1.07. The van der Waals surface area contributed by atoms with Crippen molar-refractivity contribution in [1.29, 1.82) is 0 Å². The summed E-state index contributed by atoms with van der Waals surface area (Å²) in [6, 6.07) is 11.5. The fraction of sp³-hybridized carbons (Fsp3) is 0.458. The summed E-state index contributed by atoms with van der Waals surface area (Å²) in [5, 5.41) is 0. The summed E-state index contributed by atoms with van der Waals surface area (Å²) in [6.45, 7) is 4.97. The fourth-order valence-corrected chi connectivity index (χ4v) is 2.93. The number of hydrogen-bond donors (Lipinski definition) is 0. The van der Waals surface area contributed by atoms with Gasteiger partial charge in [0.15, 0.2) is 0 Å². The van der Waals surface area contributed by atoms with Crippen molar-refractivity contribution < 1.29 is 18.7 Å². The highest BCUT2D eigenvalue weighted by atomic mass is 19.1. The van der Waals surface area contributed by atoms with E-state index in [1.54, 1.807) is 36.4 Å². The zero-order valence-corrected chi connectivity index (χ0v) is 17.0. The van der Waals surface area contributed by atoms with Crippen LogP contribution < -0.4 is 9.47 Å². The first-order valence-electron chi connectivity index (χ1n) is 10.4. The first-order chi connectivity index (χ1) is 13.6. The minimum atomic E-state index is -0.507. The van der Waals surface area contributed by atoms with Gasteiger partial charge < -0.3 is 9.47 Å². The minimum absolute atomic E-state index is 0.220. The molecule has 0 saturated carbocycles. The highest BCUT2D eigenvalue weighted by Gasteiger charge is 2.11. The van der Waals surface area contributed by atoms with E-state index in [9.17, 15) is 9.18 Å². The molecule has 0 N–H and O–H groups in total. The van der Waals surface area contributed by atoms with Gasteiger partial charge in [0.25, 0.3) is 0 Å². The summed E-state index contributed by atoms with van der Waals surface area (Å²) in [5.74, 6) is 0.120. The Hall–Kier alpha value is -2.36. The van der Waals surface area contributed by atoms with E-state index in [2.05, 4.69) is 13.8 Å². The molecule has 28 heavy (non-hydrogen) atoms. The van der Waals surface area contributed by atoms with E-state index >= 15 is 0 Å². The van der Waals surface area contributed by atoms with Crippen molar-refractivity contribution in [2.24, 2.45) is 0 Å². The van der Waals surface area contributed by atoms with Gasteiger partial charge in [-0.1, -0.05) is 52.0 Å². The van der Waals surface area contributed by atoms with Gasteiger partial charge in [-0.3, -0.25) is 0 Å². The topological polar surface area (TPSA) is 35.5 Å². The molecule has 152 valence electrons. The normalized spacial score (nSPS) is 10.7. The number of carbonyl (C=O) groups is 1. The molecule has 0 bridgehead atoms. The van der Waals surface area contributed by atoms with Crippen molar-refractivity contribution in [1.82, 2.24) is 0 Å². The van der Waals surface area contributed by atoms with Crippen molar-refractivity contribution >= 4 is 5.97 Å². The van der Waals surface area contributed by atoms with Crippen LogP contribution in [0.4, 0.5) is 4.39 Å². The Morgan fingerprint density at radius 1 is 0.857 bits per heavy atom. The highest BCUT2D eigenvalue weighted by Crippen LogP contribution is 2.20. The number of ether oxygens (including phenoxy) is 2. The number of esters is 1. The molecule has 0 heterocycles. The minimum Gasteiger partial charge on any atom is -0.494 e. The third-order valence-electron chi connectivity index (χ3n) is 4.64. The average molecular weight is 387 g/mol. The van der Waals surface area contributed by atoms with Crippen LogP contribution in [0, 0.1) is 5.82 Å². The largest absolute Gasteiger partial charge is 0.494 e. The molecule has 0 aromatic heterocycles. The molecule has 0 amide bonds. The lowest BCUT2D eigenvalue weighted by Gasteiger charge is -2.09. The fourth-order valence-electron chi connectivity index (χ4n) is 2.93. The lowest BCUT2D eigenvalue weighted by Crippen LogP contribution is -2.09. The summed E-state index contributed by atoms with van der Waals surface area (Å²) >= 11 is 0. The van der Waals surface area contributed by atoms with Crippen LogP contribution >= 0.6 is 0 Å². The third kappa shape index (κ3) is 7.34. The van der Waals surface area contributed by atoms with Gasteiger partial charge in [0.05, 0.1) is 12.2 Å². The van der Waals surface area contributed by atoms with Crippen LogP contribution in [0.5, 0.6) is 11.5 Å². The summed E-state index contributed by atoms with van der Waals surface area (Å²) in [7, 11) is 0. The van der Waals surface area contributed by atoms with Gasteiger partial charge in [-0.2, -0.15) is 0 Å². The summed E-state index contributed by atoms with van der Waals surface area (Å²) in [4.78, 5) is 12.3. The van der Waals surface area contributed by atoms with Crippen LogP contribution in [-0.2, 0) is 6.42 Å². The van der Waals surface area contributed by atoms with E-state index in [-0.39, 0.29) is 11.6 Å². The van der Waals surface area contributed by atoms with E-state index in [4.69, 9.17) is 9.47 Å². The molecule has 0 fully saturated rings. The molecular formula is C24H31FO3. The van der Waals surface area contributed by atoms with Crippen LogP contribution in [0.1, 0.15) is 74.7 Å². The molecule has 2 aromatic rings. The second kappa shape index (κ2) is 12.2. The number of carbonyl (C=O) groups excluding carboxylic acids is 1. The molecule has 0 aliphatic carbocycles. The Morgan fingerprint density at radius 3 is 2.21 bits per heavy atom. The molecule has 0 saturated heterocycles. The number of unbranched alkanes of at least 4 members (excludes halogenated alkanes) is 5. The summed E-state index contributed by atoms with van der Waals surface area (Å²) in [6.07, 6.45) is 8.44. The van der Waals surface area contributed by atoms with E-state index in [1.807, 2.05) is 0 Å². The zero-order valence-electron chi connectivity index (χ0n) is 17.0. The average Bonchev–Trinajstić information content (AvgIpc) is 2.70. The van der Waals surface area contributed by atoms with Crippen LogP contribution in [0.25, 0.3) is 0 Å². The number of benzene rings is 2. The molecule has 0 radical (unpaired) electrons. The van der Waals surface area contributed by atoms with E-state index < -0.39 is 5.97 Å². The first-order valence-corrected chi connectivity index (χ1v) is 10.4. The van der Waals surface area contributed by atoms with Crippen LogP contribution in [-0.4, -0.2) is 12.6 Å². The molecular weight excluding hydrogens is 355 g/mol. The van der Waals surface area contributed by atoms with E-state index in [0.29, 0.717) is 24.2 Å². The lowest BCUT2D eigenvalue weighted by molar-refractivity contribution is 0.0734. The lowest BCUT2D eigenvalue weighted by atomic mass is 10.1. The van der Waals surface area contributed by atoms with E-state index in [0.717, 1.165) is 37.9 Å². The second-order valence-corrected chi connectivity index (χ2v) is 7.03. The standard InChI is InChI=1S/C24H31FO3/c1-3-5-7-9-17-27-21-14-12-20(13-15-21)24(26)28-22-16-11-19(23(25)18-22)10-8-6-4-2/h11-16,18H,3-10,17H2,1-2H3. The first kappa shape index (κ1) is 21.9. The van der Waals surface area contributed by atoms with Gasteiger partial charge in [-0.05, 0) is 55.2 Å². The molecule has 0 spiro atoms. The van der Waals surface area contributed by atoms with Gasteiger partial charge in [0.2, 0.25) is 0 Å². The smallest absolute Gasteiger partial charge is 0.343 e. The van der Waals surface area contributed by atoms with Crippen molar-refractivity contribution in [2.45, 2.75) is 65.2 Å². The highest BCUT2D eigenvalue weighted by molar-refractivity contribution is 5.91. The maximum Gasteiger partial charge on any atom is 0.343 e. The molecule has 0 atom stereocenters. The Morgan fingerprint density at radius 2 is 1.54 bits per heavy atom. The molecule has 0 aliphatic rings. The van der Waals surface area contributed by atoms with Gasteiger partial charge in [0.1, 0.15) is 17.3 Å². The Balaban J connectivity index is 1.86. The molecule has 0 unspecified atom stereocenters. The van der Waals surface area contributed by atoms with Crippen molar-refractivity contribution in [3.05, 3.63) is 59.4 Å². The summed E-state index contributed by atoms with van der Waals surface area (Å²) < 4.78 is 25.2. The van der Waals surface area contributed by atoms with Gasteiger partial charge in [-0.15, -0.1) is 0 Å². The van der Waals surface area contributed by atoms with Gasteiger partial charge in [-0.25, -0.2) is 9.18 Å². The van der Waals surface area contributed by atoms with Crippen LogP contribution in [0.3, 0.4) is 0 Å². The number of hydrogen-bond acceptors (Lipinski definition) is 3. The third-order valence-corrected chi connectivity index (χ3v) is 4.64. The van der Waals surface area contributed by atoms with E-state index in [1.165, 1.54) is 18.9 Å². The maximum atomic E-state index is 14.2. The van der Waals surface area contributed by atoms with Crippen LogP contribution in [0.2, 0.25) is 0 Å². The number of rotatable bonds is 12. The molecule has 2 rings (SSSR count). The molecule has 4 heteroatoms.